The highest BCUT2D eigenvalue weighted by atomic mass is 32.2. The molecule has 0 amide bonds. The third kappa shape index (κ3) is 4.40. The van der Waals surface area contributed by atoms with Crippen LogP contribution in [0.25, 0.3) is 27.0 Å². The number of hydrogen-bond donors (Lipinski definition) is 2. The average Bonchev–Trinajstić information content (AvgIpc) is 3.26. The lowest BCUT2D eigenvalue weighted by atomic mass is 9.95. The van der Waals surface area contributed by atoms with E-state index in [0.717, 1.165) is 86.2 Å². The van der Waals surface area contributed by atoms with Crippen LogP contribution in [-0.2, 0) is 10.8 Å². The van der Waals surface area contributed by atoms with Crippen molar-refractivity contribution in [2.75, 3.05) is 24.6 Å². The number of pyridine rings is 1. The fraction of sp³-hybridized carbons (Fsp3) is 0.375. The average molecular weight is 466 g/mol. The summed E-state index contributed by atoms with van der Waals surface area (Å²) in [5.74, 6) is 1.51. The van der Waals surface area contributed by atoms with Crippen molar-refractivity contribution >= 4 is 44.3 Å². The van der Waals surface area contributed by atoms with E-state index >= 15 is 0 Å². The van der Waals surface area contributed by atoms with E-state index < -0.39 is 10.8 Å². The predicted molar refractivity (Wildman–Crippen MR) is 135 cm³/mol. The van der Waals surface area contributed by atoms with Crippen LogP contribution in [0.1, 0.15) is 29.8 Å². The third-order valence-electron chi connectivity index (χ3n) is 6.14. The van der Waals surface area contributed by atoms with Crippen molar-refractivity contribution in [1.29, 1.82) is 0 Å². The summed E-state index contributed by atoms with van der Waals surface area (Å²) in [6, 6.07) is 8.59. The second-order valence-corrected chi connectivity index (χ2v) is 11.2. The van der Waals surface area contributed by atoms with Crippen LogP contribution in [-0.4, -0.2) is 50.5 Å². The quantitative estimate of drug-likeness (QED) is 0.615. The zero-order valence-electron chi connectivity index (χ0n) is 18.1. The number of aryl methyl sites for hydroxylation is 1. The number of nitrogens with two attached hydrogens (primary N) is 1. The van der Waals surface area contributed by atoms with Gasteiger partial charge in [-0.3, -0.25) is 14.2 Å². The molecule has 166 valence electrons. The maximum Gasteiger partial charge on any atom is 0.0901 e. The summed E-state index contributed by atoms with van der Waals surface area (Å²) in [7, 11) is -0.674. The van der Waals surface area contributed by atoms with E-state index in [1.54, 1.807) is 11.3 Å². The molecule has 5 rings (SSSR count). The molecule has 32 heavy (non-hydrogen) atoms. The van der Waals surface area contributed by atoms with E-state index in [2.05, 4.69) is 34.6 Å². The first-order chi connectivity index (χ1) is 15.6. The molecule has 8 heteroatoms. The number of fused-ring (bicyclic) bond motifs is 1. The zero-order chi connectivity index (χ0) is 22.1. The summed E-state index contributed by atoms with van der Waals surface area (Å²) >= 11 is 1.65. The summed E-state index contributed by atoms with van der Waals surface area (Å²) < 4.78 is 11.7. The van der Waals surface area contributed by atoms with Gasteiger partial charge in [0.05, 0.1) is 21.6 Å². The van der Waals surface area contributed by atoms with Gasteiger partial charge in [-0.25, -0.2) is 4.98 Å². The zero-order valence-corrected chi connectivity index (χ0v) is 19.8. The molecule has 6 nitrogen and oxygen atoms in total. The van der Waals surface area contributed by atoms with Crippen LogP contribution in [0.15, 0.2) is 47.2 Å². The van der Waals surface area contributed by atoms with Gasteiger partial charge in [0.25, 0.3) is 0 Å². The number of nitrogens with zero attached hydrogens (tertiary/aromatic N) is 3. The van der Waals surface area contributed by atoms with Gasteiger partial charge < -0.3 is 11.1 Å². The summed E-state index contributed by atoms with van der Waals surface area (Å²) in [5.41, 5.74) is 11.7. The normalized spacial score (nSPS) is 24.7. The number of thiazole rings is 1. The van der Waals surface area contributed by atoms with Crippen LogP contribution in [0, 0.1) is 6.92 Å². The summed E-state index contributed by atoms with van der Waals surface area (Å²) in [5, 5.41) is 6.64. The molecule has 0 bridgehead atoms. The van der Waals surface area contributed by atoms with Gasteiger partial charge in [0.1, 0.15) is 0 Å². The minimum atomic E-state index is -0.674. The van der Waals surface area contributed by atoms with Crippen molar-refractivity contribution in [2.24, 2.45) is 10.7 Å². The molecule has 2 aromatic heterocycles. The van der Waals surface area contributed by atoms with Gasteiger partial charge in [-0.15, -0.1) is 11.3 Å². The molecule has 2 fully saturated rings. The first kappa shape index (κ1) is 21.4. The molecule has 1 aromatic carbocycles. The lowest BCUT2D eigenvalue weighted by Crippen LogP contribution is -2.34. The van der Waals surface area contributed by atoms with Gasteiger partial charge in [-0.2, -0.15) is 0 Å². The van der Waals surface area contributed by atoms with E-state index in [0.29, 0.717) is 6.54 Å². The van der Waals surface area contributed by atoms with Gasteiger partial charge >= 0.3 is 0 Å². The summed E-state index contributed by atoms with van der Waals surface area (Å²) in [6.07, 6.45) is 6.47. The summed E-state index contributed by atoms with van der Waals surface area (Å²) in [4.78, 5) is 15.2. The number of benzene rings is 1. The number of nitrogens with one attached hydrogen (secondary N) is 1. The van der Waals surface area contributed by atoms with Crippen molar-refractivity contribution in [2.45, 2.75) is 32.2 Å². The van der Waals surface area contributed by atoms with Gasteiger partial charge in [0.2, 0.25) is 0 Å². The molecule has 0 spiro atoms. The van der Waals surface area contributed by atoms with E-state index in [4.69, 9.17) is 15.7 Å². The smallest absolute Gasteiger partial charge is 0.0901 e. The Labute approximate surface area is 194 Å². The number of rotatable bonds is 3. The Morgan fingerprint density at radius 3 is 2.88 bits per heavy atom. The maximum absolute atomic E-state index is 11.7. The molecular formula is C24H27N5OS2. The second-order valence-electron chi connectivity index (χ2n) is 8.31. The highest BCUT2D eigenvalue weighted by Crippen LogP contribution is 2.30. The van der Waals surface area contributed by atoms with E-state index in [9.17, 15) is 4.21 Å². The third-order valence-corrected chi connectivity index (χ3v) is 8.46. The van der Waals surface area contributed by atoms with E-state index in [-0.39, 0.29) is 6.04 Å². The lowest BCUT2D eigenvalue weighted by molar-refractivity contribution is 0.595. The molecule has 0 radical (unpaired) electrons. The van der Waals surface area contributed by atoms with E-state index in [1.807, 2.05) is 19.3 Å². The Hall–Kier alpha value is -2.42. The summed E-state index contributed by atoms with van der Waals surface area (Å²) in [6.45, 7) is 3.62. The molecule has 0 atom stereocenters. The second kappa shape index (κ2) is 9.21. The molecule has 0 saturated carbocycles. The Kier molecular flexibility index (Phi) is 6.17. The fourth-order valence-corrected chi connectivity index (χ4v) is 6.40. The van der Waals surface area contributed by atoms with Gasteiger partial charge in [-0.05, 0) is 31.2 Å². The molecule has 0 aliphatic carbocycles. The van der Waals surface area contributed by atoms with E-state index in [1.165, 1.54) is 0 Å². The SMILES string of the molecule is Cc1ncc(-c2cc3cccc(C(N)=C4CNCCC4=NC4CCS(=O)CC4)c3cn2)s1. The minimum absolute atomic E-state index is 0.253. The molecular weight excluding hydrogens is 438 g/mol. The standard InChI is InChI=1S/C24H27N5OS2/c1-15-27-14-23(31-15)22-11-16-3-2-4-18(19(16)13-28-22)24(25)20-12-26-8-5-21(20)29-17-6-9-32(30)10-7-17/h2-4,11,13-14,17,26H,5-10,12,25H2,1H3. The van der Waals surface area contributed by atoms with Crippen LogP contribution in [0.3, 0.4) is 0 Å². The fourth-order valence-electron chi connectivity index (χ4n) is 4.38. The molecule has 2 saturated heterocycles. The first-order valence-electron chi connectivity index (χ1n) is 11.0. The van der Waals surface area contributed by atoms with Gasteiger partial charge in [-0.1, -0.05) is 18.2 Å². The van der Waals surface area contributed by atoms with Crippen LogP contribution >= 0.6 is 11.3 Å². The minimum Gasteiger partial charge on any atom is -0.398 e. The van der Waals surface area contributed by atoms with Crippen molar-refractivity contribution < 1.29 is 4.21 Å². The molecule has 2 aliphatic heterocycles. The molecule has 2 aliphatic rings. The molecule has 0 unspecified atom stereocenters. The topological polar surface area (TPSA) is 93.3 Å². The first-order valence-corrected chi connectivity index (χ1v) is 13.3. The van der Waals surface area contributed by atoms with Crippen LogP contribution < -0.4 is 11.1 Å². The number of piperidine rings is 1. The van der Waals surface area contributed by atoms with Crippen molar-refractivity contribution in [1.82, 2.24) is 15.3 Å². The van der Waals surface area contributed by atoms with Gasteiger partial charge in [0.15, 0.2) is 0 Å². The van der Waals surface area contributed by atoms with Crippen molar-refractivity contribution in [3.05, 3.63) is 52.8 Å². The number of hydrogen-bond acceptors (Lipinski definition) is 7. The van der Waals surface area contributed by atoms with Crippen molar-refractivity contribution in [3.63, 3.8) is 0 Å². The number of aliphatic imine (C=N–C) groups is 1. The molecule has 3 N–H and O–H groups in total. The van der Waals surface area contributed by atoms with Crippen LogP contribution in [0.4, 0.5) is 0 Å². The lowest BCUT2D eigenvalue weighted by Gasteiger charge is -2.25. The predicted octanol–water partition coefficient (Wildman–Crippen LogP) is 3.68. The Morgan fingerprint density at radius 1 is 1.25 bits per heavy atom. The van der Waals surface area contributed by atoms with Crippen LogP contribution in [0.2, 0.25) is 0 Å². The monoisotopic (exact) mass is 465 g/mol. The largest absolute Gasteiger partial charge is 0.398 e. The number of aromatic nitrogens is 2. The molecule has 4 heterocycles. The maximum atomic E-state index is 11.7. The molecule has 3 aromatic rings. The Balaban J connectivity index is 1.53. The highest BCUT2D eigenvalue weighted by molar-refractivity contribution is 7.85. The van der Waals surface area contributed by atoms with Gasteiger partial charge in [0, 0.05) is 82.1 Å². The Bertz CT molecular complexity index is 1240. The van der Waals surface area contributed by atoms with Crippen LogP contribution in [0.5, 0.6) is 0 Å². The highest BCUT2D eigenvalue weighted by Gasteiger charge is 2.22. The Morgan fingerprint density at radius 2 is 2.09 bits per heavy atom. The van der Waals surface area contributed by atoms with Crippen molar-refractivity contribution in [3.8, 4) is 10.6 Å².